The Morgan fingerprint density at radius 2 is 1.57 bits per heavy atom. The number of anilines is 1. The van der Waals surface area contributed by atoms with E-state index < -0.39 is 30.1 Å². The molecule has 4 nitrogen and oxygen atoms in total. The maximum atomic E-state index is 12.4. The van der Waals surface area contributed by atoms with Crippen LogP contribution in [0.25, 0.3) is 11.3 Å². The maximum absolute atomic E-state index is 12.4. The van der Waals surface area contributed by atoms with Crippen LogP contribution in [0, 0.1) is 0 Å². The molecule has 114 valence electrons. The van der Waals surface area contributed by atoms with E-state index in [-0.39, 0.29) is 11.3 Å². The molecular weight excluding hydrogens is 306 g/mol. The number of hydrogen-bond donors (Lipinski definition) is 1. The van der Waals surface area contributed by atoms with Crippen molar-refractivity contribution in [1.82, 2.24) is 4.98 Å². The van der Waals surface area contributed by atoms with E-state index in [0.717, 1.165) is 24.3 Å². The van der Waals surface area contributed by atoms with Crippen LogP contribution in [0.3, 0.4) is 0 Å². The maximum Gasteiger partial charge on any atom is 0.573 e. The van der Waals surface area contributed by atoms with Crippen molar-refractivity contribution in [1.29, 1.82) is 0 Å². The van der Waals surface area contributed by atoms with Crippen LogP contribution in [-0.2, 0) is 6.18 Å². The molecule has 2 N–H and O–H groups in total. The lowest BCUT2D eigenvalue weighted by Crippen LogP contribution is -2.16. The number of ether oxygens (including phenoxy) is 1. The third-order valence-corrected chi connectivity index (χ3v) is 2.26. The SMILES string of the molecule is Nc1oc(C(F)(F)F)nc1-c1ccc(OC(F)(F)F)cc1. The van der Waals surface area contributed by atoms with E-state index in [4.69, 9.17) is 5.73 Å². The Bertz CT molecular complexity index is 630. The first-order valence-electron chi connectivity index (χ1n) is 5.26. The zero-order chi connectivity index (χ0) is 15.8. The highest BCUT2D eigenvalue weighted by atomic mass is 19.4. The van der Waals surface area contributed by atoms with Crippen molar-refractivity contribution in [2.75, 3.05) is 5.73 Å². The average Bonchev–Trinajstić information content (AvgIpc) is 2.70. The van der Waals surface area contributed by atoms with Crippen molar-refractivity contribution in [3.63, 3.8) is 0 Å². The van der Waals surface area contributed by atoms with E-state index >= 15 is 0 Å². The van der Waals surface area contributed by atoms with Gasteiger partial charge in [0.2, 0.25) is 5.88 Å². The third-order valence-electron chi connectivity index (χ3n) is 2.26. The van der Waals surface area contributed by atoms with Crippen LogP contribution < -0.4 is 10.5 Å². The number of halogens is 6. The Morgan fingerprint density at radius 3 is 2.00 bits per heavy atom. The number of alkyl halides is 6. The molecule has 0 unspecified atom stereocenters. The van der Waals surface area contributed by atoms with Crippen LogP contribution >= 0.6 is 0 Å². The molecule has 0 atom stereocenters. The number of nitrogen functional groups attached to an aromatic ring is 1. The summed E-state index contributed by atoms with van der Waals surface area (Å²) in [5.74, 6) is -2.65. The molecule has 0 saturated heterocycles. The molecule has 2 rings (SSSR count). The van der Waals surface area contributed by atoms with Gasteiger partial charge in [0.15, 0.2) is 0 Å². The van der Waals surface area contributed by atoms with E-state index in [0.29, 0.717) is 0 Å². The number of nitrogens with two attached hydrogens (primary N) is 1. The third kappa shape index (κ3) is 3.58. The predicted molar refractivity (Wildman–Crippen MR) is 58.0 cm³/mol. The Hall–Kier alpha value is -2.39. The highest BCUT2D eigenvalue weighted by Crippen LogP contribution is 2.35. The topological polar surface area (TPSA) is 61.3 Å². The number of oxazole rings is 1. The van der Waals surface area contributed by atoms with Gasteiger partial charge >= 0.3 is 18.4 Å². The van der Waals surface area contributed by atoms with Gasteiger partial charge in [0.1, 0.15) is 11.4 Å². The lowest BCUT2D eigenvalue weighted by atomic mass is 10.1. The fraction of sp³-hybridized carbons (Fsp3) is 0.182. The second-order valence-electron chi connectivity index (χ2n) is 3.80. The van der Waals surface area contributed by atoms with Crippen molar-refractivity contribution >= 4 is 5.88 Å². The van der Waals surface area contributed by atoms with Crippen LogP contribution in [0.4, 0.5) is 32.2 Å². The minimum Gasteiger partial charge on any atom is -0.416 e. The van der Waals surface area contributed by atoms with Crippen molar-refractivity contribution in [2.45, 2.75) is 12.5 Å². The Morgan fingerprint density at radius 1 is 1.00 bits per heavy atom. The van der Waals surface area contributed by atoms with Crippen molar-refractivity contribution < 1.29 is 35.5 Å². The normalized spacial score (nSPS) is 12.5. The highest BCUT2D eigenvalue weighted by Gasteiger charge is 2.38. The number of benzene rings is 1. The number of aromatic nitrogens is 1. The summed E-state index contributed by atoms with van der Waals surface area (Å²) in [6, 6.07) is 4.00. The minimum absolute atomic E-state index is 0.0567. The largest absolute Gasteiger partial charge is 0.573 e. The molecule has 0 fully saturated rings. The first-order valence-corrected chi connectivity index (χ1v) is 5.26. The molecule has 10 heteroatoms. The predicted octanol–water partition coefficient (Wildman–Crippen LogP) is 3.84. The molecule has 1 heterocycles. The van der Waals surface area contributed by atoms with E-state index in [1.165, 1.54) is 0 Å². The molecule has 1 aromatic heterocycles. The van der Waals surface area contributed by atoms with Crippen LogP contribution in [0.1, 0.15) is 5.89 Å². The Kier molecular flexibility index (Phi) is 3.47. The quantitative estimate of drug-likeness (QED) is 0.856. The minimum atomic E-state index is -4.86. The Balaban J connectivity index is 2.29. The second-order valence-corrected chi connectivity index (χ2v) is 3.80. The zero-order valence-corrected chi connectivity index (χ0v) is 9.92. The molecule has 0 bridgehead atoms. The fourth-order valence-corrected chi connectivity index (χ4v) is 1.47. The summed E-state index contributed by atoms with van der Waals surface area (Å²) in [4.78, 5) is 3.18. The van der Waals surface area contributed by atoms with Gasteiger partial charge in [-0.1, -0.05) is 0 Å². The molecule has 0 aliphatic heterocycles. The van der Waals surface area contributed by atoms with Crippen LogP contribution in [0.5, 0.6) is 5.75 Å². The molecule has 0 spiro atoms. The first-order chi connectivity index (χ1) is 9.56. The molecule has 21 heavy (non-hydrogen) atoms. The fourth-order valence-electron chi connectivity index (χ4n) is 1.47. The first kappa shape index (κ1) is 15.0. The summed E-state index contributed by atoms with van der Waals surface area (Å²) in [6.45, 7) is 0. The van der Waals surface area contributed by atoms with E-state index in [9.17, 15) is 26.3 Å². The molecule has 0 amide bonds. The molecule has 0 radical (unpaired) electrons. The lowest BCUT2D eigenvalue weighted by Gasteiger charge is -2.08. The molecule has 0 aliphatic carbocycles. The Labute approximate surface area is 113 Å². The smallest absolute Gasteiger partial charge is 0.416 e. The summed E-state index contributed by atoms with van der Waals surface area (Å²) < 4.78 is 81.0. The summed E-state index contributed by atoms with van der Waals surface area (Å²) in [7, 11) is 0. The van der Waals surface area contributed by atoms with Gasteiger partial charge in [0.25, 0.3) is 0 Å². The van der Waals surface area contributed by atoms with E-state index in [2.05, 4.69) is 14.1 Å². The standard InChI is InChI=1S/C11H6F6N2O2/c12-10(13,14)9-19-7(8(18)20-9)5-1-3-6(4-2-5)21-11(15,16)17/h1-4H,18H2. The van der Waals surface area contributed by atoms with Crippen molar-refractivity contribution in [2.24, 2.45) is 0 Å². The van der Waals surface area contributed by atoms with Gasteiger partial charge in [-0.2, -0.15) is 13.2 Å². The van der Waals surface area contributed by atoms with Crippen molar-refractivity contribution in [3.8, 4) is 17.0 Å². The second kappa shape index (κ2) is 4.86. The van der Waals surface area contributed by atoms with E-state index in [1.54, 1.807) is 0 Å². The van der Waals surface area contributed by atoms with Gasteiger partial charge in [-0.05, 0) is 24.3 Å². The van der Waals surface area contributed by atoms with Gasteiger partial charge in [-0.25, -0.2) is 4.98 Å². The number of rotatable bonds is 2. The number of hydrogen-bond acceptors (Lipinski definition) is 4. The molecule has 2 aromatic rings. The molecule has 1 aromatic carbocycles. The van der Waals surface area contributed by atoms with Crippen LogP contribution in [0.15, 0.2) is 28.7 Å². The number of nitrogens with zero attached hydrogens (tertiary/aromatic N) is 1. The van der Waals surface area contributed by atoms with Gasteiger partial charge < -0.3 is 14.9 Å². The van der Waals surface area contributed by atoms with Gasteiger partial charge in [-0.15, -0.1) is 13.2 Å². The van der Waals surface area contributed by atoms with Crippen LogP contribution in [0.2, 0.25) is 0 Å². The summed E-state index contributed by atoms with van der Waals surface area (Å²) in [5, 5.41) is 0. The lowest BCUT2D eigenvalue weighted by molar-refractivity contribution is -0.274. The zero-order valence-electron chi connectivity index (χ0n) is 9.92. The monoisotopic (exact) mass is 312 g/mol. The average molecular weight is 312 g/mol. The van der Waals surface area contributed by atoms with Gasteiger partial charge in [0.05, 0.1) is 0 Å². The van der Waals surface area contributed by atoms with E-state index in [1.807, 2.05) is 0 Å². The van der Waals surface area contributed by atoms with Crippen LogP contribution in [-0.4, -0.2) is 11.3 Å². The highest BCUT2D eigenvalue weighted by molar-refractivity contribution is 5.69. The molecule has 0 saturated carbocycles. The van der Waals surface area contributed by atoms with Gasteiger partial charge in [-0.3, -0.25) is 0 Å². The van der Waals surface area contributed by atoms with Crippen molar-refractivity contribution in [3.05, 3.63) is 30.2 Å². The van der Waals surface area contributed by atoms with Gasteiger partial charge in [0, 0.05) is 5.56 Å². The summed E-state index contributed by atoms with van der Waals surface area (Å²) in [5.41, 5.74) is 5.01. The summed E-state index contributed by atoms with van der Waals surface area (Å²) in [6.07, 6.45) is -9.68. The summed E-state index contributed by atoms with van der Waals surface area (Å²) >= 11 is 0. The molecule has 0 aliphatic rings. The molecular formula is C11H6F6N2O2.